The van der Waals surface area contributed by atoms with Gasteiger partial charge in [0.2, 0.25) is 0 Å². The standard InChI is InChI=1S/C12H15BrO2S/c1-2-16-8-4-7-15-12-10(9-14)5-3-6-11(12)13/h3,5-6,9H,2,4,7-8H2,1H3. The molecule has 88 valence electrons. The number of hydrogen-bond donors (Lipinski definition) is 0. The van der Waals surface area contributed by atoms with Gasteiger partial charge in [-0.05, 0) is 46.0 Å². The summed E-state index contributed by atoms with van der Waals surface area (Å²) in [4.78, 5) is 10.8. The van der Waals surface area contributed by atoms with Gasteiger partial charge >= 0.3 is 0 Å². The van der Waals surface area contributed by atoms with E-state index >= 15 is 0 Å². The fraction of sp³-hybridized carbons (Fsp3) is 0.417. The number of halogens is 1. The van der Waals surface area contributed by atoms with Crippen molar-refractivity contribution in [3.63, 3.8) is 0 Å². The van der Waals surface area contributed by atoms with Gasteiger partial charge in [-0.15, -0.1) is 0 Å². The summed E-state index contributed by atoms with van der Waals surface area (Å²) in [6.07, 6.45) is 1.82. The monoisotopic (exact) mass is 302 g/mol. The molecule has 0 aliphatic heterocycles. The molecule has 0 aromatic heterocycles. The van der Waals surface area contributed by atoms with E-state index < -0.39 is 0 Å². The van der Waals surface area contributed by atoms with Crippen LogP contribution >= 0.6 is 27.7 Å². The van der Waals surface area contributed by atoms with Crippen LogP contribution in [0, 0.1) is 0 Å². The van der Waals surface area contributed by atoms with Gasteiger partial charge in [0.15, 0.2) is 6.29 Å². The lowest BCUT2D eigenvalue weighted by Gasteiger charge is -2.09. The Kier molecular flexibility index (Phi) is 6.57. The van der Waals surface area contributed by atoms with Crippen LogP contribution in [-0.4, -0.2) is 24.4 Å². The number of thioether (sulfide) groups is 1. The highest BCUT2D eigenvalue weighted by Crippen LogP contribution is 2.28. The highest BCUT2D eigenvalue weighted by atomic mass is 79.9. The number of benzene rings is 1. The Hall–Kier alpha value is -0.480. The van der Waals surface area contributed by atoms with Gasteiger partial charge in [0.05, 0.1) is 16.6 Å². The van der Waals surface area contributed by atoms with Crippen molar-refractivity contribution >= 4 is 34.0 Å². The lowest BCUT2D eigenvalue weighted by Crippen LogP contribution is -2.02. The summed E-state index contributed by atoms with van der Waals surface area (Å²) in [5.74, 6) is 2.88. The second kappa shape index (κ2) is 7.74. The molecule has 0 atom stereocenters. The third-order valence-electron chi connectivity index (χ3n) is 2.01. The Balaban J connectivity index is 2.49. The lowest BCUT2D eigenvalue weighted by atomic mass is 10.2. The zero-order chi connectivity index (χ0) is 11.8. The van der Waals surface area contributed by atoms with E-state index in [0.717, 1.165) is 28.7 Å². The van der Waals surface area contributed by atoms with E-state index in [1.54, 1.807) is 6.07 Å². The lowest BCUT2D eigenvalue weighted by molar-refractivity contribution is 0.111. The molecule has 1 aromatic carbocycles. The second-order valence-corrected chi connectivity index (χ2v) is 5.42. The van der Waals surface area contributed by atoms with E-state index in [2.05, 4.69) is 22.9 Å². The number of rotatable bonds is 7. The van der Waals surface area contributed by atoms with E-state index in [1.165, 1.54) is 0 Å². The average Bonchev–Trinajstić information content (AvgIpc) is 2.30. The van der Waals surface area contributed by atoms with Gasteiger partial charge in [0, 0.05) is 0 Å². The summed E-state index contributed by atoms with van der Waals surface area (Å²) >= 11 is 5.28. The van der Waals surface area contributed by atoms with E-state index in [4.69, 9.17) is 4.74 Å². The van der Waals surface area contributed by atoms with Crippen LogP contribution in [0.15, 0.2) is 22.7 Å². The van der Waals surface area contributed by atoms with Crippen LogP contribution in [0.5, 0.6) is 5.75 Å². The molecule has 1 aromatic rings. The Bertz CT molecular complexity index is 342. The summed E-state index contributed by atoms with van der Waals surface area (Å²) in [6.45, 7) is 2.79. The van der Waals surface area contributed by atoms with E-state index in [9.17, 15) is 4.79 Å². The topological polar surface area (TPSA) is 26.3 Å². The van der Waals surface area contributed by atoms with Gasteiger partial charge in [0.25, 0.3) is 0 Å². The van der Waals surface area contributed by atoms with Gasteiger partial charge in [-0.2, -0.15) is 11.8 Å². The van der Waals surface area contributed by atoms with Crippen molar-refractivity contribution in [1.82, 2.24) is 0 Å². The van der Waals surface area contributed by atoms with Crippen molar-refractivity contribution in [1.29, 1.82) is 0 Å². The minimum atomic E-state index is 0.595. The highest BCUT2D eigenvalue weighted by molar-refractivity contribution is 9.10. The summed E-state index contributed by atoms with van der Waals surface area (Å²) in [5.41, 5.74) is 0.595. The molecule has 0 saturated heterocycles. The number of para-hydroxylation sites is 1. The largest absolute Gasteiger partial charge is 0.492 e. The fourth-order valence-electron chi connectivity index (χ4n) is 1.25. The Morgan fingerprint density at radius 3 is 3.00 bits per heavy atom. The molecule has 0 heterocycles. The van der Waals surface area contributed by atoms with Gasteiger partial charge in [-0.3, -0.25) is 4.79 Å². The molecule has 0 aliphatic rings. The van der Waals surface area contributed by atoms with Crippen molar-refractivity contribution in [2.45, 2.75) is 13.3 Å². The normalized spacial score (nSPS) is 10.1. The molecule has 0 fully saturated rings. The number of ether oxygens (including phenoxy) is 1. The van der Waals surface area contributed by atoms with Crippen molar-refractivity contribution in [3.8, 4) is 5.75 Å². The first kappa shape index (κ1) is 13.6. The van der Waals surface area contributed by atoms with Gasteiger partial charge < -0.3 is 4.74 Å². The van der Waals surface area contributed by atoms with Crippen LogP contribution in [-0.2, 0) is 0 Å². The van der Waals surface area contributed by atoms with E-state index in [-0.39, 0.29) is 0 Å². The third kappa shape index (κ3) is 4.18. The van der Waals surface area contributed by atoms with Crippen LogP contribution in [0.4, 0.5) is 0 Å². The number of carbonyl (C=O) groups excluding carboxylic acids is 1. The number of aldehydes is 1. The molecule has 0 bridgehead atoms. The van der Waals surface area contributed by atoms with Gasteiger partial charge in [0.1, 0.15) is 5.75 Å². The fourth-order valence-corrected chi connectivity index (χ4v) is 2.36. The third-order valence-corrected chi connectivity index (χ3v) is 3.62. The molecule has 0 unspecified atom stereocenters. The SMILES string of the molecule is CCSCCCOc1c(Br)cccc1C=O. The van der Waals surface area contributed by atoms with Crippen LogP contribution in [0.2, 0.25) is 0 Å². The number of hydrogen-bond acceptors (Lipinski definition) is 3. The van der Waals surface area contributed by atoms with Crippen LogP contribution in [0.3, 0.4) is 0 Å². The zero-order valence-electron chi connectivity index (χ0n) is 9.24. The molecule has 0 N–H and O–H groups in total. The van der Waals surface area contributed by atoms with Crippen molar-refractivity contribution in [3.05, 3.63) is 28.2 Å². The van der Waals surface area contributed by atoms with Crippen LogP contribution in [0.1, 0.15) is 23.7 Å². The molecule has 16 heavy (non-hydrogen) atoms. The summed E-state index contributed by atoms with van der Waals surface area (Å²) in [5, 5.41) is 0. The first-order chi connectivity index (χ1) is 7.79. The van der Waals surface area contributed by atoms with Crippen LogP contribution in [0.25, 0.3) is 0 Å². The predicted molar refractivity (Wildman–Crippen MR) is 72.6 cm³/mol. The highest BCUT2D eigenvalue weighted by Gasteiger charge is 2.06. The maximum absolute atomic E-state index is 10.8. The van der Waals surface area contributed by atoms with Gasteiger partial charge in [-0.25, -0.2) is 0 Å². The predicted octanol–water partition coefficient (Wildman–Crippen LogP) is 3.78. The Morgan fingerprint density at radius 1 is 1.50 bits per heavy atom. The molecule has 0 aliphatic carbocycles. The first-order valence-electron chi connectivity index (χ1n) is 5.23. The second-order valence-electron chi connectivity index (χ2n) is 3.17. The van der Waals surface area contributed by atoms with E-state index in [1.807, 2.05) is 23.9 Å². The number of carbonyl (C=O) groups is 1. The summed E-state index contributed by atoms with van der Waals surface area (Å²) in [6, 6.07) is 5.46. The molecule has 4 heteroatoms. The Labute approximate surface area is 109 Å². The van der Waals surface area contributed by atoms with Crippen molar-refractivity contribution in [2.75, 3.05) is 18.1 Å². The van der Waals surface area contributed by atoms with E-state index in [0.29, 0.717) is 17.9 Å². The quantitative estimate of drug-likeness (QED) is 0.566. The smallest absolute Gasteiger partial charge is 0.153 e. The molecule has 0 saturated carbocycles. The molecule has 1 rings (SSSR count). The molecular formula is C12H15BrO2S. The summed E-state index contributed by atoms with van der Waals surface area (Å²) in [7, 11) is 0. The molecule has 0 spiro atoms. The molecule has 0 amide bonds. The summed E-state index contributed by atoms with van der Waals surface area (Å²) < 4.78 is 6.45. The minimum absolute atomic E-state index is 0.595. The maximum atomic E-state index is 10.8. The molecule has 2 nitrogen and oxygen atoms in total. The Morgan fingerprint density at radius 2 is 2.31 bits per heavy atom. The zero-order valence-corrected chi connectivity index (χ0v) is 11.6. The molecular weight excluding hydrogens is 288 g/mol. The van der Waals surface area contributed by atoms with Crippen molar-refractivity contribution < 1.29 is 9.53 Å². The van der Waals surface area contributed by atoms with Gasteiger partial charge in [-0.1, -0.05) is 13.0 Å². The molecule has 0 radical (unpaired) electrons. The average molecular weight is 303 g/mol. The first-order valence-corrected chi connectivity index (χ1v) is 7.18. The maximum Gasteiger partial charge on any atom is 0.153 e. The van der Waals surface area contributed by atoms with Crippen molar-refractivity contribution in [2.24, 2.45) is 0 Å². The minimum Gasteiger partial charge on any atom is -0.492 e. The van der Waals surface area contributed by atoms with Crippen LogP contribution < -0.4 is 4.74 Å².